The number of hydrogen-bond donors (Lipinski definition) is 9. The number of allylic oxidation sites excluding steroid dienone is 1. The van der Waals surface area contributed by atoms with Crippen LogP contribution in [0.2, 0.25) is 0 Å². The molecule has 0 unspecified atom stereocenters. The Labute approximate surface area is 108 Å². The van der Waals surface area contributed by atoms with Gasteiger partial charge in [-0.05, 0) is 0 Å². The lowest BCUT2D eigenvalue weighted by Gasteiger charge is -2.43. The largest absolute Gasteiger partial charge is 0.382 e. The molecule has 0 radical (unpaired) electrons. The molecule has 0 spiro atoms. The summed E-state index contributed by atoms with van der Waals surface area (Å²) < 4.78 is 6.85. The summed E-state index contributed by atoms with van der Waals surface area (Å²) in [6.45, 7) is 2.92. The molecule has 0 rings (SSSR count). The minimum absolute atomic E-state index is 0.664. The maximum absolute atomic E-state index is 11.3. The van der Waals surface area contributed by atoms with Crippen LogP contribution in [0, 0.1) is 0 Å². The van der Waals surface area contributed by atoms with E-state index in [9.17, 15) is 35.4 Å². The molecule has 0 aliphatic heterocycles. The molecule has 0 aromatic heterocycles. The molecule has 10 nitrogen and oxygen atoms in total. The average molecular weight is 285 g/mol. The molecular formula is C9H16O10. The van der Waals surface area contributed by atoms with Crippen LogP contribution in [0.5, 0.6) is 0 Å². The molecule has 0 bridgehead atoms. The Morgan fingerprint density at radius 3 is 1.89 bits per heavy atom. The highest BCUT2D eigenvalue weighted by atomic mass is 16.7. The van der Waals surface area contributed by atoms with Crippen molar-refractivity contribution in [1.29, 1.82) is 0 Å². The number of ketones is 1. The zero-order chi connectivity index (χ0) is 16.5. The summed E-state index contributed by atoms with van der Waals surface area (Å²) in [5.41, 5.74) is 0. The quantitative estimate of drug-likeness (QED) is 0.161. The molecular weight excluding hydrogens is 268 g/mol. The minimum Gasteiger partial charge on any atom is -0.382 e. The first-order valence-corrected chi connectivity index (χ1v) is 4.75. The van der Waals surface area contributed by atoms with Crippen molar-refractivity contribution >= 4 is 5.78 Å². The van der Waals surface area contributed by atoms with Crippen LogP contribution in [0.1, 0.15) is 7.79 Å². The summed E-state index contributed by atoms with van der Waals surface area (Å²) in [5.74, 6) is -15.0. The van der Waals surface area contributed by atoms with E-state index in [0.29, 0.717) is 0 Å². The highest BCUT2D eigenvalue weighted by molar-refractivity contribution is 5.87. The first-order chi connectivity index (χ1) is 8.69. The van der Waals surface area contributed by atoms with Gasteiger partial charge in [-0.25, -0.2) is 0 Å². The highest BCUT2D eigenvalue weighted by Crippen LogP contribution is 2.32. The van der Waals surface area contributed by atoms with E-state index in [1.807, 2.05) is 0 Å². The lowest BCUT2D eigenvalue weighted by molar-refractivity contribution is -0.462. The van der Waals surface area contributed by atoms with Gasteiger partial charge in [0.25, 0.3) is 17.4 Å². The molecule has 9 N–H and O–H groups in total. The first-order valence-electron chi connectivity index (χ1n) is 5.25. The molecule has 0 saturated heterocycles. The Kier molecular flexibility index (Phi) is 4.73. The molecule has 0 aromatic carbocycles. The summed E-state index contributed by atoms with van der Waals surface area (Å²) >= 11 is 0. The van der Waals surface area contributed by atoms with Crippen LogP contribution in [0.4, 0.5) is 0 Å². The fourth-order valence-electron chi connectivity index (χ4n) is 1.10. The zero-order valence-electron chi connectivity index (χ0n) is 10.5. The molecule has 0 heterocycles. The average Bonchev–Trinajstić information content (AvgIpc) is 2.25. The van der Waals surface area contributed by atoms with Crippen molar-refractivity contribution in [3.63, 3.8) is 0 Å². The molecule has 0 amide bonds. The van der Waals surface area contributed by atoms with Crippen LogP contribution in [0.3, 0.4) is 0 Å². The molecule has 112 valence electrons. The van der Waals surface area contributed by atoms with Crippen LogP contribution in [-0.4, -0.2) is 81.5 Å². The van der Waals surface area contributed by atoms with E-state index in [2.05, 4.69) is 6.58 Å². The predicted octanol–water partition coefficient (Wildman–Crippen LogP) is -5.15. The molecule has 19 heavy (non-hydrogen) atoms. The van der Waals surface area contributed by atoms with Crippen molar-refractivity contribution in [2.45, 2.75) is 36.2 Å². The van der Waals surface area contributed by atoms with E-state index in [4.69, 9.17) is 16.7 Å². The van der Waals surface area contributed by atoms with Gasteiger partial charge in [0, 0.05) is 6.42 Å². The summed E-state index contributed by atoms with van der Waals surface area (Å²) in [6, 6.07) is -0.664. The SMILES string of the molecule is [2H]C(=C)CC(=O)C(O)(O)C(O)(O)C(O)(O)[C@H](O)C(O)O. The van der Waals surface area contributed by atoms with Gasteiger partial charge in [0.05, 0.1) is 1.37 Å². The van der Waals surface area contributed by atoms with Crippen LogP contribution in [0.25, 0.3) is 0 Å². The third-order valence-electron chi connectivity index (χ3n) is 2.37. The molecule has 1 atom stereocenters. The van der Waals surface area contributed by atoms with E-state index >= 15 is 0 Å². The summed E-state index contributed by atoms with van der Waals surface area (Å²) in [4.78, 5) is 11.3. The number of aliphatic hydroxyl groups is 9. The number of Topliss-reactive ketones (excluding diaryl/α,β-unsaturated/α-hetero) is 1. The topological polar surface area (TPSA) is 199 Å². The lowest BCUT2D eigenvalue weighted by atomic mass is 9.88. The van der Waals surface area contributed by atoms with Crippen molar-refractivity contribution in [2.75, 3.05) is 0 Å². The van der Waals surface area contributed by atoms with Crippen LogP contribution >= 0.6 is 0 Å². The van der Waals surface area contributed by atoms with Gasteiger partial charge in [-0.3, -0.25) is 4.79 Å². The maximum atomic E-state index is 11.3. The van der Waals surface area contributed by atoms with Gasteiger partial charge < -0.3 is 46.0 Å². The number of rotatable bonds is 7. The normalized spacial score (nSPS) is 16.2. The third kappa shape index (κ3) is 2.97. The standard InChI is InChI=1S/C9H16O10/c1-2-3-4(10)7(14,15)9(18,19)8(16,17)5(11)6(12)13/h2,5-6,11-19H,1,3H2/t5-/m1/s1/i2D. The van der Waals surface area contributed by atoms with Crippen molar-refractivity contribution < 1.29 is 52.1 Å². The third-order valence-corrected chi connectivity index (χ3v) is 2.37. The van der Waals surface area contributed by atoms with Gasteiger partial charge in [-0.1, -0.05) is 6.05 Å². The van der Waals surface area contributed by atoms with Gasteiger partial charge in [0.1, 0.15) is 0 Å². The van der Waals surface area contributed by atoms with Gasteiger partial charge in [-0.2, -0.15) is 0 Å². The highest BCUT2D eigenvalue weighted by Gasteiger charge is 2.68. The number of carbonyl (C=O) groups is 1. The Hall–Kier alpha value is -0.950. The monoisotopic (exact) mass is 285 g/mol. The zero-order valence-corrected chi connectivity index (χ0v) is 9.50. The van der Waals surface area contributed by atoms with Crippen molar-refractivity contribution in [3.8, 4) is 0 Å². The van der Waals surface area contributed by atoms with Gasteiger partial charge in [-0.15, -0.1) is 6.58 Å². The fourth-order valence-corrected chi connectivity index (χ4v) is 1.10. The maximum Gasteiger partial charge on any atom is 0.286 e. The van der Waals surface area contributed by atoms with E-state index in [0.717, 1.165) is 0 Å². The summed E-state index contributed by atoms with van der Waals surface area (Å²) in [6.07, 6.45) is -7.10. The van der Waals surface area contributed by atoms with E-state index in [-0.39, 0.29) is 0 Å². The first kappa shape index (κ1) is 16.1. The van der Waals surface area contributed by atoms with E-state index in [1.165, 1.54) is 0 Å². The van der Waals surface area contributed by atoms with Crippen LogP contribution in [0.15, 0.2) is 12.6 Å². The van der Waals surface area contributed by atoms with E-state index < -0.39 is 48.0 Å². The summed E-state index contributed by atoms with van der Waals surface area (Å²) in [7, 11) is 0. The second-order valence-corrected chi connectivity index (χ2v) is 3.78. The van der Waals surface area contributed by atoms with E-state index in [1.54, 1.807) is 0 Å². The van der Waals surface area contributed by atoms with Crippen molar-refractivity contribution in [3.05, 3.63) is 12.6 Å². The fraction of sp³-hybridized carbons (Fsp3) is 0.667. The van der Waals surface area contributed by atoms with Crippen LogP contribution in [-0.2, 0) is 4.79 Å². The Balaban J connectivity index is 5.59. The van der Waals surface area contributed by atoms with Crippen molar-refractivity contribution in [1.82, 2.24) is 0 Å². The number of aliphatic hydroxyl groups excluding tert-OH is 2. The summed E-state index contributed by atoms with van der Waals surface area (Å²) in [5, 5.41) is 81.9. The Morgan fingerprint density at radius 2 is 1.58 bits per heavy atom. The predicted molar refractivity (Wildman–Crippen MR) is 55.6 cm³/mol. The number of hydrogen-bond acceptors (Lipinski definition) is 10. The molecule has 0 fully saturated rings. The molecule has 0 aromatic rings. The molecule has 10 heteroatoms. The smallest absolute Gasteiger partial charge is 0.286 e. The number of carbonyl (C=O) groups excluding carboxylic acids is 1. The minimum atomic E-state index is -4.52. The second kappa shape index (κ2) is 5.58. The van der Waals surface area contributed by atoms with Gasteiger partial charge >= 0.3 is 0 Å². The van der Waals surface area contributed by atoms with Crippen LogP contribution < -0.4 is 0 Å². The second-order valence-electron chi connectivity index (χ2n) is 3.78. The van der Waals surface area contributed by atoms with Gasteiger partial charge in [0.15, 0.2) is 12.4 Å². The lowest BCUT2D eigenvalue weighted by Crippen LogP contribution is -2.75. The van der Waals surface area contributed by atoms with Crippen molar-refractivity contribution in [2.24, 2.45) is 0 Å². The molecule has 0 aliphatic carbocycles. The Bertz CT molecular complexity index is 388. The molecule has 0 aliphatic rings. The van der Waals surface area contributed by atoms with Gasteiger partial charge in [0.2, 0.25) is 5.78 Å². The molecule has 0 saturated carbocycles. The Morgan fingerprint density at radius 1 is 1.16 bits per heavy atom.